The Hall–Kier alpha value is -0.940. The van der Waals surface area contributed by atoms with Crippen molar-refractivity contribution in [3.63, 3.8) is 0 Å². The van der Waals surface area contributed by atoms with Crippen LogP contribution in [0.3, 0.4) is 0 Å². The molecule has 0 radical (unpaired) electrons. The molecule has 0 heterocycles. The van der Waals surface area contributed by atoms with Gasteiger partial charge in [-0.2, -0.15) is 13.2 Å². The fraction of sp³-hybridized carbons (Fsp3) is 0.400. The van der Waals surface area contributed by atoms with E-state index in [0.29, 0.717) is 16.3 Å². The maximum Gasteiger partial charge on any atom is 0.391 e. The van der Waals surface area contributed by atoms with E-state index in [1.54, 1.807) is 18.2 Å². The van der Waals surface area contributed by atoms with E-state index in [1.807, 2.05) is 0 Å². The van der Waals surface area contributed by atoms with Crippen LogP contribution in [0.25, 0.3) is 0 Å². The second-order valence-electron chi connectivity index (χ2n) is 3.27. The first-order chi connectivity index (χ1) is 7.38. The lowest BCUT2D eigenvalue weighted by atomic mass is 10.2. The first-order valence-electron chi connectivity index (χ1n) is 4.57. The molecule has 0 saturated carbocycles. The first kappa shape index (κ1) is 13.1. The van der Waals surface area contributed by atoms with Gasteiger partial charge in [0.15, 0.2) is 0 Å². The number of halogens is 4. The third kappa shape index (κ3) is 4.72. The average molecular weight is 254 g/mol. The molecular weight excluding hydrogens is 243 g/mol. The molecule has 0 aliphatic carbocycles. The molecular formula is C10H11ClF3NO. The van der Waals surface area contributed by atoms with Crippen LogP contribution in [-0.2, 0) is 11.3 Å². The van der Waals surface area contributed by atoms with E-state index in [9.17, 15) is 13.2 Å². The minimum atomic E-state index is -4.18. The summed E-state index contributed by atoms with van der Waals surface area (Å²) in [6.07, 6.45) is -5.13. The molecule has 0 spiro atoms. The molecule has 0 saturated heterocycles. The second kappa shape index (κ2) is 5.41. The quantitative estimate of drug-likeness (QED) is 0.659. The molecule has 0 amide bonds. The Kier molecular flexibility index (Phi) is 4.44. The molecule has 90 valence electrons. The number of alkyl halides is 3. The Morgan fingerprint density at radius 2 is 2.00 bits per heavy atom. The monoisotopic (exact) mass is 253 g/mol. The van der Waals surface area contributed by atoms with E-state index in [4.69, 9.17) is 22.1 Å². The second-order valence-corrected chi connectivity index (χ2v) is 3.68. The molecule has 6 heteroatoms. The number of benzene rings is 1. The van der Waals surface area contributed by atoms with Crippen molar-refractivity contribution in [3.05, 3.63) is 28.8 Å². The molecule has 1 aromatic carbocycles. The minimum absolute atomic E-state index is 0.0947. The molecule has 0 bridgehead atoms. The number of hydrogen-bond donors (Lipinski definition) is 1. The standard InChI is InChI=1S/C10H11ClF3NO/c11-8-2-1-7(5-9(8)15)6-16-4-3-10(12,13)14/h1-2,5H,3-4,6,15H2. The Morgan fingerprint density at radius 1 is 1.31 bits per heavy atom. The van der Waals surface area contributed by atoms with Crippen LogP contribution in [0.2, 0.25) is 5.02 Å². The summed E-state index contributed by atoms with van der Waals surface area (Å²) in [4.78, 5) is 0. The Bertz CT molecular complexity index is 354. The van der Waals surface area contributed by atoms with E-state index in [0.717, 1.165) is 0 Å². The van der Waals surface area contributed by atoms with Crippen LogP contribution in [0.15, 0.2) is 18.2 Å². The molecule has 2 N–H and O–H groups in total. The summed E-state index contributed by atoms with van der Waals surface area (Å²) in [5, 5.41) is 0.416. The van der Waals surface area contributed by atoms with Crippen LogP contribution < -0.4 is 5.73 Å². The van der Waals surface area contributed by atoms with Crippen LogP contribution >= 0.6 is 11.6 Å². The van der Waals surface area contributed by atoms with Crippen molar-refractivity contribution in [3.8, 4) is 0 Å². The first-order valence-corrected chi connectivity index (χ1v) is 4.95. The van der Waals surface area contributed by atoms with Gasteiger partial charge < -0.3 is 10.5 Å². The van der Waals surface area contributed by atoms with Crippen molar-refractivity contribution in [2.45, 2.75) is 19.2 Å². The van der Waals surface area contributed by atoms with Gasteiger partial charge in [0.1, 0.15) is 0 Å². The molecule has 0 aliphatic rings. The lowest BCUT2D eigenvalue weighted by molar-refractivity contribution is -0.146. The van der Waals surface area contributed by atoms with Crippen molar-refractivity contribution >= 4 is 17.3 Å². The van der Waals surface area contributed by atoms with Crippen molar-refractivity contribution in [1.82, 2.24) is 0 Å². The number of ether oxygens (including phenoxy) is 1. The summed E-state index contributed by atoms with van der Waals surface area (Å²) in [7, 11) is 0. The minimum Gasteiger partial charge on any atom is -0.398 e. The lowest BCUT2D eigenvalue weighted by Gasteiger charge is -2.08. The summed E-state index contributed by atoms with van der Waals surface area (Å²) in [6.45, 7) is -0.260. The van der Waals surface area contributed by atoms with Crippen LogP contribution in [0.5, 0.6) is 0 Å². The zero-order valence-electron chi connectivity index (χ0n) is 8.35. The molecule has 1 aromatic rings. The number of nitrogens with two attached hydrogens (primary N) is 1. The van der Waals surface area contributed by atoms with Crippen molar-refractivity contribution in [2.24, 2.45) is 0 Å². The summed E-state index contributed by atoms with van der Waals surface area (Å²) < 4.78 is 40.2. The summed E-state index contributed by atoms with van der Waals surface area (Å²) >= 11 is 5.69. The highest BCUT2D eigenvalue weighted by Gasteiger charge is 2.26. The number of rotatable bonds is 4. The van der Waals surface area contributed by atoms with Crippen LogP contribution in [0.4, 0.5) is 18.9 Å². The fourth-order valence-electron chi connectivity index (χ4n) is 1.06. The van der Waals surface area contributed by atoms with Gasteiger partial charge in [0.05, 0.1) is 30.3 Å². The van der Waals surface area contributed by atoms with Gasteiger partial charge in [-0.15, -0.1) is 0 Å². The van der Waals surface area contributed by atoms with Crippen LogP contribution in [0, 0.1) is 0 Å². The van der Waals surface area contributed by atoms with Crippen molar-refractivity contribution < 1.29 is 17.9 Å². The van der Waals surface area contributed by atoms with E-state index in [-0.39, 0.29) is 13.2 Å². The lowest BCUT2D eigenvalue weighted by Crippen LogP contribution is -2.11. The highest BCUT2D eigenvalue weighted by Crippen LogP contribution is 2.21. The van der Waals surface area contributed by atoms with Crippen molar-refractivity contribution in [2.75, 3.05) is 12.3 Å². The Balaban J connectivity index is 2.35. The Labute approximate surface area is 96.1 Å². The largest absolute Gasteiger partial charge is 0.398 e. The van der Waals surface area contributed by atoms with E-state index in [1.165, 1.54) is 0 Å². The normalized spacial score (nSPS) is 11.8. The summed E-state index contributed by atoms with van der Waals surface area (Å²) in [5.74, 6) is 0. The smallest absolute Gasteiger partial charge is 0.391 e. The van der Waals surface area contributed by atoms with Gasteiger partial charge in [-0.05, 0) is 17.7 Å². The maximum atomic E-state index is 11.8. The van der Waals surface area contributed by atoms with E-state index < -0.39 is 12.6 Å². The number of anilines is 1. The molecule has 0 atom stereocenters. The van der Waals surface area contributed by atoms with Crippen LogP contribution in [-0.4, -0.2) is 12.8 Å². The highest BCUT2D eigenvalue weighted by molar-refractivity contribution is 6.33. The predicted octanol–water partition coefficient (Wildman–Crippen LogP) is 3.39. The fourth-order valence-corrected chi connectivity index (χ4v) is 1.18. The average Bonchev–Trinajstić information content (AvgIpc) is 2.17. The molecule has 1 rings (SSSR count). The third-order valence-electron chi connectivity index (χ3n) is 1.86. The zero-order valence-corrected chi connectivity index (χ0v) is 9.11. The van der Waals surface area contributed by atoms with Crippen molar-refractivity contribution in [1.29, 1.82) is 0 Å². The SMILES string of the molecule is Nc1cc(COCCC(F)(F)F)ccc1Cl. The van der Waals surface area contributed by atoms with Gasteiger partial charge in [0.25, 0.3) is 0 Å². The topological polar surface area (TPSA) is 35.2 Å². The summed E-state index contributed by atoms with van der Waals surface area (Å²) in [5.41, 5.74) is 6.61. The summed E-state index contributed by atoms with van der Waals surface area (Å²) in [6, 6.07) is 4.82. The molecule has 0 aliphatic heterocycles. The maximum absolute atomic E-state index is 11.8. The van der Waals surface area contributed by atoms with Gasteiger partial charge >= 0.3 is 6.18 Å². The molecule has 0 fully saturated rings. The number of nitrogen functional groups attached to an aromatic ring is 1. The van der Waals surface area contributed by atoms with Gasteiger partial charge in [0, 0.05) is 0 Å². The van der Waals surface area contributed by atoms with Crippen LogP contribution in [0.1, 0.15) is 12.0 Å². The van der Waals surface area contributed by atoms with E-state index in [2.05, 4.69) is 0 Å². The van der Waals surface area contributed by atoms with Gasteiger partial charge in [-0.3, -0.25) is 0 Å². The third-order valence-corrected chi connectivity index (χ3v) is 2.20. The predicted molar refractivity (Wildman–Crippen MR) is 56.2 cm³/mol. The highest BCUT2D eigenvalue weighted by atomic mass is 35.5. The number of hydrogen-bond acceptors (Lipinski definition) is 2. The molecule has 16 heavy (non-hydrogen) atoms. The van der Waals surface area contributed by atoms with Gasteiger partial charge in [-0.1, -0.05) is 17.7 Å². The molecule has 0 aromatic heterocycles. The molecule has 2 nitrogen and oxygen atoms in total. The Morgan fingerprint density at radius 3 is 2.56 bits per heavy atom. The van der Waals surface area contributed by atoms with Gasteiger partial charge in [0.2, 0.25) is 0 Å². The molecule has 0 unspecified atom stereocenters. The van der Waals surface area contributed by atoms with E-state index >= 15 is 0 Å². The van der Waals surface area contributed by atoms with Gasteiger partial charge in [-0.25, -0.2) is 0 Å². The zero-order chi connectivity index (χ0) is 12.2.